The first-order valence-electron chi connectivity index (χ1n) is 6.88. The maximum atomic E-state index is 10.4. The van der Waals surface area contributed by atoms with Crippen molar-refractivity contribution in [2.45, 2.75) is 0 Å². The summed E-state index contributed by atoms with van der Waals surface area (Å²) in [5, 5.41) is 23.0. The van der Waals surface area contributed by atoms with Gasteiger partial charge in [0.05, 0.1) is 10.7 Å². The first kappa shape index (κ1) is 13.7. The molecule has 1 heterocycles. The van der Waals surface area contributed by atoms with Gasteiger partial charge in [-0.05, 0) is 12.1 Å². The van der Waals surface area contributed by atoms with Crippen molar-refractivity contribution in [1.29, 1.82) is 0 Å². The second-order valence-electron chi connectivity index (χ2n) is 5.03. The molecule has 0 aromatic heterocycles. The highest BCUT2D eigenvalue weighted by Gasteiger charge is 2.18. The molecule has 0 saturated carbocycles. The molecular formula is C17H10ClN3O2. The van der Waals surface area contributed by atoms with E-state index in [1.165, 1.54) is 0 Å². The van der Waals surface area contributed by atoms with E-state index >= 15 is 0 Å². The number of hydrogen-bond acceptors (Lipinski definition) is 3. The van der Waals surface area contributed by atoms with E-state index < -0.39 is 0 Å². The summed E-state index contributed by atoms with van der Waals surface area (Å²) in [7, 11) is 0. The van der Waals surface area contributed by atoms with Crippen LogP contribution in [-0.2, 0) is 0 Å². The Morgan fingerprint density at radius 3 is 1.91 bits per heavy atom. The van der Waals surface area contributed by atoms with Gasteiger partial charge in [-0.3, -0.25) is 0 Å². The summed E-state index contributed by atoms with van der Waals surface area (Å²) in [6, 6.07) is 14.2. The topological polar surface area (TPSA) is 77.5 Å². The van der Waals surface area contributed by atoms with E-state index in [0.29, 0.717) is 21.5 Å². The predicted octanol–water partition coefficient (Wildman–Crippen LogP) is 2.84. The van der Waals surface area contributed by atoms with Crippen molar-refractivity contribution in [1.82, 2.24) is 0 Å². The Balaban J connectivity index is 1.97. The summed E-state index contributed by atoms with van der Waals surface area (Å²) in [4.78, 5) is 12.8. The van der Waals surface area contributed by atoms with Crippen molar-refractivity contribution in [3.05, 3.63) is 64.3 Å². The van der Waals surface area contributed by atoms with Gasteiger partial charge in [-0.15, -0.1) is 0 Å². The van der Waals surface area contributed by atoms with E-state index in [4.69, 9.17) is 11.6 Å². The number of rotatable bonds is 1. The van der Waals surface area contributed by atoms with Crippen molar-refractivity contribution < 1.29 is 10.2 Å². The number of guanidine groups is 1. The zero-order chi connectivity index (χ0) is 16.0. The molecule has 0 radical (unpaired) electrons. The first-order chi connectivity index (χ1) is 11.1. The lowest BCUT2D eigenvalue weighted by Gasteiger charge is -2.09. The maximum Gasteiger partial charge on any atom is 0.251 e. The van der Waals surface area contributed by atoms with Gasteiger partial charge in [0, 0.05) is 10.8 Å². The van der Waals surface area contributed by atoms with Crippen LogP contribution >= 0.6 is 11.6 Å². The fourth-order valence-corrected chi connectivity index (χ4v) is 2.74. The lowest BCUT2D eigenvalue weighted by molar-refractivity contribution is 0.471. The number of nitrogens with zero attached hydrogens (tertiary/aromatic N) is 3. The monoisotopic (exact) mass is 323 g/mol. The van der Waals surface area contributed by atoms with Gasteiger partial charge in [-0.1, -0.05) is 48.0 Å². The van der Waals surface area contributed by atoms with Crippen LogP contribution in [0, 0.1) is 0 Å². The zero-order valence-electron chi connectivity index (χ0n) is 11.7. The molecule has 23 heavy (non-hydrogen) atoms. The van der Waals surface area contributed by atoms with Crippen molar-refractivity contribution in [3.63, 3.8) is 0 Å². The largest absolute Gasteiger partial charge is 0.506 e. The molecule has 2 N–H and O–H groups in total. The Morgan fingerprint density at radius 1 is 0.783 bits per heavy atom. The van der Waals surface area contributed by atoms with Crippen molar-refractivity contribution >= 4 is 34.0 Å². The number of aliphatic imine (C=N–C) groups is 1. The highest BCUT2D eigenvalue weighted by atomic mass is 35.5. The lowest BCUT2D eigenvalue weighted by Crippen LogP contribution is -2.19. The van der Waals surface area contributed by atoms with Gasteiger partial charge < -0.3 is 10.2 Å². The Kier molecular flexibility index (Phi) is 3.02. The Bertz CT molecular complexity index is 1070. The van der Waals surface area contributed by atoms with Crippen LogP contribution in [0.15, 0.2) is 63.5 Å². The van der Waals surface area contributed by atoms with Crippen LogP contribution < -0.4 is 10.7 Å². The van der Waals surface area contributed by atoms with Gasteiger partial charge in [0.2, 0.25) is 0 Å². The average molecular weight is 324 g/mol. The summed E-state index contributed by atoms with van der Waals surface area (Å²) in [6.45, 7) is 0. The second kappa shape index (κ2) is 5.07. The molecule has 0 atom stereocenters. The molecule has 5 nitrogen and oxygen atoms in total. The normalized spacial score (nSPS) is 12.7. The highest BCUT2D eigenvalue weighted by molar-refractivity contribution is 6.36. The van der Waals surface area contributed by atoms with Crippen molar-refractivity contribution in [3.8, 4) is 11.5 Å². The number of para-hydroxylation sites is 2. The van der Waals surface area contributed by atoms with E-state index in [2.05, 4.69) is 15.0 Å². The Hall–Kier alpha value is -2.92. The smallest absolute Gasteiger partial charge is 0.251 e. The third-order valence-electron chi connectivity index (χ3n) is 3.61. The minimum Gasteiger partial charge on any atom is -0.506 e. The summed E-state index contributed by atoms with van der Waals surface area (Å²) in [5.41, 5.74) is 0.0539. The van der Waals surface area contributed by atoms with E-state index in [0.717, 1.165) is 0 Å². The average Bonchev–Trinajstić information content (AvgIpc) is 2.99. The number of aromatic hydroxyl groups is 2. The molecule has 6 heteroatoms. The number of phenolic OH excluding ortho intramolecular Hbond substituents is 2. The summed E-state index contributed by atoms with van der Waals surface area (Å²) in [5.74, 6) is -0.0646. The van der Waals surface area contributed by atoms with Gasteiger partial charge in [-0.2, -0.15) is 0 Å². The number of benzene rings is 3. The predicted molar refractivity (Wildman–Crippen MR) is 88.1 cm³/mol. The summed E-state index contributed by atoms with van der Waals surface area (Å²) >= 11 is 6.17. The zero-order valence-corrected chi connectivity index (χ0v) is 12.5. The van der Waals surface area contributed by atoms with Gasteiger partial charge in [0.25, 0.3) is 5.96 Å². The number of hydrogen-bond donors (Lipinski definition) is 2. The van der Waals surface area contributed by atoms with Gasteiger partial charge in [-0.25, -0.2) is 15.0 Å². The Labute approximate surface area is 135 Å². The van der Waals surface area contributed by atoms with Crippen LogP contribution in [0.4, 0.5) is 5.69 Å². The molecule has 1 aliphatic rings. The fourth-order valence-electron chi connectivity index (χ4n) is 2.50. The Morgan fingerprint density at radius 2 is 1.30 bits per heavy atom. The first-order valence-corrected chi connectivity index (χ1v) is 7.26. The maximum absolute atomic E-state index is 10.4. The molecule has 3 aromatic rings. The third kappa shape index (κ3) is 2.13. The number of halogens is 1. The van der Waals surface area contributed by atoms with Crippen LogP contribution in [0.1, 0.15) is 0 Å². The fraction of sp³-hybridized carbons (Fsp3) is 0. The van der Waals surface area contributed by atoms with Gasteiger partial charge in [0.15, 0.2) is 5.75 Å². The van der Waals surface area contributed by atoms with E-state index in [9.17, 15) is 10.2 Å². The molecule has 3 aromatic carbocycles. The van der Waals surface area contributed by atoms with E-state index in [1.54, 1.807) is 24.3 Å². The van der Waals surface area contributed by atoms with Crippen LogP contribution in [0.2, 0.25) is 5.02 Å². The van der Waals surface area contributed by atoms with Crippen LogP contribution in [-0.4, -0.2) is 16.2 Å². The molecule has 1 aliphatic heterocycles. The number of phenols is 2. The molecule has 0 fully saturated rings. The van der Waals surface area contributed by atoms with Crippen molar-refractivity contribution in [2.75, 3.05) is 0 Å². The van der Waals surface area contributed by atoms with E-state index in [-0.39, 0.29) is 28.2 Å². The quantitative estimate of drug-likeness (QED) is 0.675. The SMILES string of the molecule is Oc1c(Cl)c(N=C2N=c3ccccc3=N2)c(O)c2ccccc12. The number of fused-ring (bicyclic) bond motifs is 2. The van der Waals surface area contributed by atoms with Crippen LogP contribution in [0.25, 0.3) is 10.8 Å². The molecule has 0 spiro atoms. The molecule has 0 aliphatic carbocycles. The van der Waals surface area contributed by atoms with Crippen molar-refractivity contribution in [2.24, 2.45) is 15.0 Å². The van der Waals surface area contributed by atoms with Crippen LogP contribution in [0.3, 0.4) is 0 Å². The molecule has 4 rings (SSSR count). The molecule has 0 saturated heterocycles. The second-order valence-corrected chi connectivity index (χ2v) is 5.41. The lowest BCUT2D eigenvalue weighted by atomic mass is 10.1. The molecular weight excluding hydrogens is 314 g/mol. The van der Waals surface area contributed by atoms with E-state index in [1.807, 2.05) is 24.3 Å². The van der Waals surface area contributed by atoms with Crippen LogP contribution in [0.5, 0.6) is 11.5 Å². The standard InChI is InChI=1S/C17H10ClN3O2/c18-13-14(16(23)10-6-2-1-5-9(10)15(13)22)21-17-19-11-7-3-4-8-12(11)20-17/h1-8,22-23H. The van der Waals surface area contributed by atoms with Gasteiger partial charge >= 0.3 is 0 Å². The third-order valence-corrected chi connectivity index (χ3v) is 3.97. The van der Waals surface area contributed by atoms with Gasteiger partial charge in [0.1, 0.15) is 16.5 Å². The summed E-state index contributed by atoms with van der Waals surface area (Å²) in [6.07, 6.45) is 0. The molecule has 0 unspecified atom stereocenters. The highest BCUT2D eigenvalue weighted by Crippen LogP contribution is 2.47. The minimum absolute atomic E-state index is 0.0324. The summed E-state index contributed by atoms with van der Waals surface area (Å²) < 4.78 is 0. The minimum atomic E-state index is -0.130. The molecule has 112 valence electrons. The molecule has 0 amide bonds. The molecule has 0 bridgehead atoms.